The van der Waals surface area contributed by atoms with E-state index in [1.54, 1.807) is 29.6 Å². The van der Waals surface area contributed by atoms with Crippen LogP contribution in [0.2, 0.25) is 0 Å². The third-order valence-electron chi connectivity index (χ3n) is 3.64. The molecule has 3 aromatic rings. The molecule has 0 fully saturated rings. The Morgan fingerprint density at radius 3 is 2.62 bits per heavy atom. The second-order valence-corrected chi connectivity index (χ2v) is 7.55. The molecule has 0 bridgehead atoms. The summed E-state index contributed by atoms with van der Waals surface area (Å²) in [5.41, 5.74) is 1.25. The summed E-state index contributed by atoms with van der Waals surface area (Å²) in [6.07, 6.45) is 0.980. The van der Waals surface area contributed by atoms with Gasteiger partial charge in [0.25, 0.3) is 0 Å². The van der Waals surface area contributed by atoms with E-state index in [9.17, 15) is 12.8 Å². The van der Waals surface area contributed by atoms with Crippen LogP contribution in [-0.4, -0.2) is 34.5 Å². The van der Waals surface area contributed by atoms with E-state index in [4.69, 9.17) is 0 Å². The number of aryl methyl sites for hydroxylation is 1. The molecule has 2 heterocycles. The van der Waals surface area contributed by atoms with Crippen molar-refractivity contribution in [3.8, 4) is 0 Å². The van der Waals surface area contributed by atoms with E-state index >= 15 is 0 Å². The fourth-order valence-corrected chi connectivity index (χ4v) is 3.09. The van der Waals surface area contributed by atoms with Crippen LogP contribution in [0.3, 0.4) is 0 Å². The number of aromatic nitrogens is 4. The molecule has 0 saturated heterocycles. The van der Waals surface area contributed by atoms with Crippen molar-refractivity contribution in [2.45, 2.75) is 24.8 Å². The molecule has 0 amide bonds. The van der Waals surface area contributed by atoms with Gasteiger partial charge in [-0.3, -0.25) is 0 Å². The first kappa shape index (κ1) is 16.3. The zero-order valence-corrected chi connectivity index (χ0v) is 14.2. The Labute approximate surface area is 138 Å². The van der Waals surface area contributed by atoms with Crippen LogP contribution in [0.25, 0.3) is 5.65 Å². The van der Waals surface area contributed by atoms with Crippen molar-refractivity contribution in [3.63, 3.8) is 0 Å². The largest absolute Gasteiger partial charge is 0.362 e. The molecule has 0 aliphatic heterocycles. The highest BCUT2D eigenvalue weighted by Gasteiger charge is 2.16. The summed E-state index contributed by atoms with van der Waals surface area (Å²) in [6, 6.07) is 7.33. The SMILES string of the molecule is Cc1nnc2ccc(N[C@H](C)c3ccc(S(C)(=O)=O)c(F)c3)nn12. The van der Waals surface area contributed by atoms with Gasteiger partial charge in [-0.05, 0) is 43.7 Å². The number of hydrogen-bond acceptors (Lipinski definition) is 6. The quantitative estimate of drug-likeness (QED) is 0.776. The average molecular weight is 349 g/mol. The number of hydrogen-bond donors (Lipinski definition) is 1. The van der Waals surface area contributed by atoms with Crippen molar-refractivity contribution in [1.29, 1.82) is 0 Å². The summed E-state index contributed by atoms with van der Waals surface area (Å²) >= 11 is 0. The smallest absolute Gasteiger partial charge is 0.178 e. The molecule has 3 rings (SSSR count). The Kier molecular flexibility index (Phi) is 3.96. The first-order valence-corrected chi connectivity index (χ1v) is 9.10. The van der Waals surface area contributed by atoms with Crippen molar-refractivity contribution < 1.29 is 12.8 Å². The molecule has 0 saturated carbocycles. The fraction of sp³-hybridized carbons (Fsp3) is 0.267. The van der Waals surface area contributed by atoms with E-state index in [1.165, 1.54) is 12.1 Å². The van der Waals surface area contributed by atoms with Gasteiger partial charge in [-0.15, -0.1) is 15.3 Å². The topological polar surface area (TPSA) is 89.2 Å². The molecular weight excluding hydrogens is 333 g/mol. The molecule has 0 unspecified atom stereocenters. The first-order chi connectivity index (χ1) is 11.3. The minimum atomic E-state index is -3.58. The zero-order chi connectivity index (χ0) is 17.5. The summed E-state index contributed by atoms with van der Waals surface area (Å²) in [4.78, 5) is -0.307. The summed E-state index contributed by atoms with van der Waals surface area (Å²) in [6.45, 7) is 3.62. The van der Waals surface area contributed by atoms with E-state index in [1.807, 2.05) is 6.92 Å². The lowest BCUT2D eigenvalue weighted by atomic mass is 10.1. The predicted octanol–water partition coefficient (Wildman–Crippen LogP) is 2.15. The molecule has 7 nitrogen and oxygen atoms in total. The molecule has 9 heteroatoms. The van der Waals surface area contributed by atoms with Crippen LogP contribution in [0, 0.1) is 12.7 Å². The maximum Gasteiger partial charge on any atom is 0.178 e. The monoisotopic (exact) mass is 349 g/mol. The van der Waals surface area contributed by atoms with Crippen LogP contribution in [0.5, 0.6) is 0 Å². The molecule has 0 spiro atoms. The van der Waals surface area contributed by atoms with Gasteiger partial charge >= 0.3 is 0 Å². The Morgan fingerprint density at radius 1 is 1.21 bits per heavy atom. The molecule has 1 atom stereocenters. The Hall–Kier alpha value is -2.55. The Balaban J connectivity index is 1.87. The highest BCUT2D eigenvalue weighted by atomic mass is 32.2. The number of fused-ring (bicyclic) bond motifs is 1. The van der Waals surface area contributed by atoms with Crippen LogP contribution < -0.4 is 5.32 Å². The molecule has 1 aromatic carbocycles. The standard InChI is InChI=1S/C15H16FN5O2S/c1-9(11-4-5-13(12(16)8-11)24(3,22)23)17-14-6-7-15-19-18-10(2)21(15)20-14/h4-9H,1-3H3,(H,17,20)/t9-/m1/s1. The number of nitrogens with zero attached hydrogens (tertiary/aromatic N) is 4. The third-order valence-corrected chi connectivity index (χ3v) is 4.77. The van der Waals surface area contributed by atoms with Gasteiger partial charge in [0.15, 0.2) is 21.3 Å². The second-order valence-electron chi connectivity index (χ2n) is 5.56. The van der Waals surface area contributed by atoms with E-state index in [-0.39, 0.29) is 10.9 Å². The van der Waals surface area contributed by atoms with Crippen LogP contribution in [0.1, 0.15) is 24.4 Å². The minimum absolute atomic E-state index is 0.269. The van der Waals surface area contributed by atoms with Crippen LogP contribution in [0.15, 0.2) is 35.2 Å². The summed E-state index contributed by atoms with van der Waals surface area (Å²) in [5.74, 6) is 0.470. The molecule has 0 radical (unpaired) electrons. The van der Waals surface area contributed by atoms with Crippen molar-refractivity contribution in [1.82, 2.24) is 19.8 Å². The van der Waals surface area contributed by atoms with Crippen LogP contribution in [-0.2, 0) is 9.84 Å². The molecule has 24 heavy (non-hydrogen) atoms. The number of halogens is 1. The summed E-state index contributed by atoms with van der Waals surface area (Å²) in [7, 11) is -3.58. The van der Waals surface area contributed by atoms with Crippen molar-refractivity contribution >= 4 is 21.3 Å². The highest BCUT2D eigenvalue weighted by molar-refractivity contribution is 7.90. The summed E-state index contributed by atoms with van der Waals surface area (Å²) in [5, 5.41) is 15.4. The van der Waals surface area contributed by atoms with Gasteiger partial charge < -0.3 is 5.32 Å². The highest BCUT2D eigenvalue weighted by Crippen LogP contribution is 2.22. The number of rotatable bonds is 4. The molecular formula is C15H16FN5O2S. The lowest BCUT2D eigenvalue weighted by molar-refractivity contribution is 0.568. The molecule has 0 aliphatic rings. The van der Waals surface area contributed by atoms with Gasteiger partial charge in [0.2, 0.25) is 0 Å². The van der Waals surface area contributed by atoms with E-state index in [2.05, 4.69) is 20.6 Å². The number of benzene rings is 1. The summed E-state index contributed by atoms with van der Waals surface area (Å²) < 4.78 is 38.6. The Bertz CT molecular complexity index is 1020. The van der Waals surface area contributed by atoms with Crippen LogP contribution in [0.4, 0.5) is 10.2 Å². The minimum Gasteiger partial charge on any atom is -0.362 e. The van der Waals surface area contributed by atoms with Gasteiger partial charge in [0.1, 0.15) is 16.5 Å². The van der Waals surface area contributed by atoms with Crippen molar-refractivity contribution in [3.05, 3.63) is 47.5 Å². The van der Waals surface area contributed by atoms with Gasteiger partial charge in [0.05, 0.1) is 6.04 Å². The maximum atomic E-state index is 14.0. The second kappa shape index (κ2) is 5.82. The predicted molar refractivity (Wildman–Crippen MR) is 87.1 cm³/mol. The third kappa shape index (κ3) is 3.07. The zero-order valence-electron chi connectivity index (χ0n) is 13.4. The Morgan fingerprint density at radius 2 is 1.96 bits per heavy atom. The number of anilines is 1. The molecule has 126 valence electrons. The first-order valence-electron chi connectivity index (χ1n) is 7.21. The average Bonchev–Trinajstić information content (AvgIpc) is 2.87. The van der Waals surface area contributed by atoms with E-state index < -0.39 is 15.7 Å². The van der Waals surface area contributed by atoms with Crippen LogP contribution >= 0.6 is 0 Å². The fourth-order valence-electron chi connectivity index (χ4n) is 2.37. The van der Waals surface area contributed by atoms with E-state index in [0.717, 1.165) is 6.26 Å². The molecule has 2 aromatic heterocycles. The molecule has 1 N–H and O–H groups in total. The van der Waals surface area contributed by atoms with Gasteiger partial charge in [-0.25, -0.2) is 12.8 Å². The lowest BCUT2D eigenvalue weighted by Gasteiger charge is -2.15. The molecule has 0 aliphatic carbocycles. The van der Waals surface area contributed by atoms with Gasteiger partial charge in [0, 0.05) is 6.26 Å². The van der Waals surface area contributed by atoms with Crippen molar-refractivity contribution in [2.24, 2.45) is 0 Å². The number of nitrogens with one attached hydrogen (secondary N) is 1. The van der Waals surface area contributed by atoms with Gasteiger partial charge in [-0.1, -0.05) is 6.07 Å². The van der Waals surface area contributed by atoms with Gasteiger partial charge in [-0.2, -0.15) is 4.52 Å². The number of sulfone groups is 1. The normalized spacial score (nSPS) is 13.2. The maximum absolute atomic E-state index is 14.0. The lowest BCUT2D eigenvalue weighted by Crippen LogP contribution is -2.11. The van der Waals surface area contributed by atoms with Crippen molar-refractivity contribution in [2.75, 3.05) is 11.6 Å². The van der Waals surface area contributed by atoms with E-state index in [0.29, 0.717) is 22.9 Å².